The van der Waals surface area contributed by atoms with E-state index in [1.165, 1.54) is 19.3 Å². The third kappa shape index (κ3) is 4.84. The number of rotatable bonds is 6. The number of nitrogens with zero attached hydrogens (tertiary/aromatic N) is 3. The fraction of sp³-hybridized carbons (Fsp3) is 0.684. The number of urea groups is 1. The van der Waals surface area contributed by atoms with Crippen molar-refractivity contribution in [2.45, 2.75) is 51.7 Å². The van der Waals surface area contributed by atoms with Crippen LogP contribution in [0.15, 0.2) is 18.3 Å². The zero-order valence-corrected chi connectivity index (χ0v) is 15.2. The van der Waals surface area contributed by atoms with Crippen LogP contribution in [0.4, 0.5) is 10.6 Å². The van der Waals surface area contributed by atoms with Crippen LogP contribution in [0, 0.1) is 0 Å². The van der Waals surface area contributed by atoms with Gasteiger partial charge in [0.1, 0.15) is 5.82 Å². The topological polar surface area (TPSA) is 57.7 Å². The van der Waals surface area contributed by atoms with Crippen LogP contribution in [0.5, 0.6) is 0 Å². The van der Waals surface area contributed by atoms with Crippen LogP contribution in [0.1, 0.15) is 44.6 Å². The first kappa shape index (κ1) is 18.0. The molecule has 25 heavy (non-hydrogen) atoms. The molecule has 0 aromatic carbocycles. The summed E-state index contributed by atoms with van der Waals surface area (Å²) < 4.78 is 5.66. The summed E-state index contributed by atoms with van der Waals surface area (Å²) in [4.78, 5) is 21.3. The summed E-state index contributed by atoms with van der Waals surface area (Å²) >= 11 is 0. The molecule has 0 aliphatic carbocycles. The molecule has 2 saturated heterocycles. The van der Waals surface area contributed by atoms with E-state index in [2.05, 4.69) is 21.3 Å². The van der Waals surface area contributed by atoms with Gasteiger partial charge in [-0.3, -0.25) is 0 Å². The number of piperidine rings is 1. The van der Waals surface area contributed by atoms with Gasteiger partial charge >= 0.3 is 6.03 Å². The van der Waals surface area contributed by atoms with Gasteiger partial charge in [-0.25, -0.2) is 9.78 Å². The molecule has 2 amide bonds. The number of carbonyl (C=O) groups excluding carboxylic acids is 1. The second kappa shape index (κ2) is 9.04. The van der Waals surface area contributed by atoms with Crippen molar-refractivity contribution >= 4 is 11.8 Å². The molecule has 2 fully saturated rings. The molecule has 0 bridgehead atoms. The highest BCUT2D eigenvalue weighted by atomic mass is 16.5. The Morgan fingerprint density at radius 2 is 2.20 bits per heavy atom. The molecular formula is C19H30N4O2. The Kier molecular flexibility index (Phi) is 6.50. The molecule has 2 aliphatic heterocycles. The average Bonchev–Trinajstić information content (AvgIpc) is 3.18. The van der Waals surface area contributed by atoms with Crippen LogP contribution in [0.2, 0.25) is 0 Å². The van der Waals surface area contributed by atoms with E-state index in [0.29, 0.717) is 19.6 Å². The number of hydrogen-bond donors (Lipinski definition) is 1. The van der Waals surface area contributed by atoms with E-state index in [4.69, 9.17) is 4.74 Å². The number of ether oxygens (including phenoxy) is 1. The lowest BCUT2D eigenvalue weighted by Gasteiger charge is -2.29. The molecular weight excluding hydrogens is 316 g/mol. The minimum Gasteiger partial charge on any atom is -0.376 e. The number of amides is 2. The van der Waals surface area contributed by atoms with Gasteiger partial charge in [-0.05, 0) is 45.1 Å². The highest BCUT2D eigenvalue weighted by molar-refractivity contribution is 5.74. The Morgan fingerprint density at radius 1 is 1.36 bits per heavy atom. The Balaban J connectivity index is 1.57. The van der Waals surface area contributed by atoms with Crippen LogP contribution in [-0.4, -0.2) is 54.8 Å². The SMILES string of the molecule is CCN(CC1CCCO1)C(=O)NCc1cccnc1N1CCCCC1. The maximum absolute atomic E-state index is 12.5. The van der Waals surface area contributed by atoms with Gasteiger partial charge in [-0.15, -0.1) is 0 Å². The predicted molar refractivity (Wildman–Crippen MR) is 98.8 cm³/mol. The smallest absolute Gasteiger partial charge is 0.317 e. The molecule has 6 heteroatoms. The molecule has 3 rings (SSSR count). The van der Waals surface area contributed by atoms with Gasteiger partial charge in [-0.1, -0.05) is 6.07 Å². The van der Waals surface area contributed by atoms with Crippen molar-refractivity contribution in [1.29, 1.82) is 0 Å². The molecule has 0 saturated carbocycles. The molecule has 138 valence electrons. The van der Waals surface area contributed by atoms with Crippen molar-refractivity contribution in [3.8, 4) is 0 Å². The minimum atomic E-state index is -0.0218. The monoisotopic (exact) mass is 346 g/mol. The maximum Gasteiger partial charge on any atom is 0.317 e. The van der Waals surface area contributed by atoms with Gasteiger partial charge in [0.05, 0.1) is 6.10 Å². The van der Waals surface area contributed by atoms with Crippen LogP contribution in [-0.2, 0) is 11.3 Å². The third-order valence-corrected chi connectivity index (χ3v) is 5.07. The quantitative estimate of drug-likeness (QED) is 0.860. The van der Waals surface area contributed by atoms with Gasteiger partial charge in [0.2, 0.25) is 0 Å². The average molecular weight is 346 g/mol. The standard InChI is InChI=1S/C19H30N4O2/c1-2-22(15-17-9-7-13-25-17)19(24)21-14-16-8-6-10-20-18(16)23-11-4-3-5-12-23/h6,8,10,17H,2-5,7,9,11-15H2,1H3,(H,21,24). The van der Waals surface area contributed by atoms with Gasteiger partial charge in [0.15, 0.2) is 0 Å². The van der Waals surface area contributed by atoms with Crippen molar-refractivity contribution in [3.05, 3.63) is 23.9 Å². The third-order valence-electron chi connectivity index (χ3n) is 5.07. The second-order valence-electron chi connectivity index (χ2n) is 6.87. The van der Waals surface area contributed by atoms with Crippen molar-refractivity contribution in [2.75, 3.05) is 37.7 Å². The summed E-state index contributed by atoms with van der Waals surface area (Å²) in [5, 5.41) is 3.07. The zero-order valence-electron chi connectivity index (χ0n) is 15.2. The molecule has 1 aromatic rings. The first-order valence-corrected chi connectivity index (χ1v) is 9.61. The highest BCUT2D eigenvalue weighted by Crippen LogP contribution is 2.21. The molecule has 1 N–H and O–H groups in total. The van der Waals surface area contributed by atoms with E-state index in [1.807, 2.05) is 24.1 Å². The second-order valence-corrected chi connectivity index (χ2v) is 6.87. The van der Waals surface area contributed by atoms with Gasteiger partial charge < -0.3 is 19.9 Å². The minimum absolute atomic E-state index is 0.0218. The number of anilines is 1. The Morgan fingerprint density at radius 3 is 2.92 bits per heavy atom. The van der Waals surface area contributed by atoms with Crippen molar-refractivity contribution in [1.82, 2.24) is 15.2 Å². The lowest BCUT2D eigenvalue weighted by Crippen LogP contribution is -2.43. The maximum atomic E-state index is 12.5. The number of carbonyl (C=O) groups is 1. The van der Waals surface area contributed by atoms with Crippen LogP contribution >= 0.6 is 0 Å². The summed E-state index contributed by atoms with van der Waals surface area (Å²) in [5.74, 6) is 1.02. The highest BCUT2D eigenvalue weighted by Gasteiger charge is 2.22. The Bertz CT molecular complexity index is 554. The van der Waals surface area contributed by atoms with Gasteiger partial charge in [0.25, 0.3) is 0 Å². The lowest BCUT2D eigenvalue weighted by atomic mass is 10.1. The molecule has 1 aromatic heterocycles. The molecule has 6 nitrogen and oxygen atoms in total. The lowest BCUT2D eigenvalue weighted by molar-refractivity contribution is 0.0826. The van der Waals surface area contributed by atoms with Crippen molar-refractivity contribution in [2.24, 2.45) is 0 Å². The Labute approximate surface area is 150 Å². The Hall–Kier alpha value is -1.82. The number of aromatic nitrogens is 1. The van der Waals surface area contributed by atoms with E-state index < -0.39 is 0 Å². The first-order chi connectivity index (χ1) is 12.3. The van der Waals surface area contributed by atoms with E-state index in [0.717, 1.165) is 43.9 Å². The van der Waals surface area contributed by atoms with E-state index >= 15 is 0 Å². The fourth-order valence-electron chi connectivity index (χ4n) is 3.63. The predicted octanol–water partition coefficient (Wildman–Crippen LogP) is 2.78. The summed E-state index contributed by atoms with van der Waals surface area (Å²) in [6, 6.07) is 3.98. The molecule has 0 spiro atoms. The summed E-state index contributed by atoms with van der Waals surface area (Å²) in [5.41, 5.74) is 1.09. The zero-order chi connectivity index (χ0) is 17.5. The molecule has 0 radical (unpaired) electrons. The van der Waals surface area contributed by atoms with E-state index in [9.17, 15) is 4.79 Å². The van der Waals surface area contributed by atoms with Gasteiger partial charge in [0, 0.05) is 51.1 Å². The number of likely N-dealkylation sites (N-methyl/N-ethyl adjacent to an activating group) is 1. The van der Waals surface area contributed by atoms with E-state index in [-0.39, 0.29) is 12.1 Å². The molecule has 3 heterocycles. The molecule has 1 atom stereocenters. The van der Waals surface area contributed by atoms with Gasteiger partial charge in [-0.2, -0.15) is 0 Å². The fourth-order valence-corrected chi connectivity index (χ4v) is 3.63. The number of pyridine rings is 1. The van der Waals surface area contributed by atoms with E-state index in [1.54, 1.807) is 0 Å². The summed E-state index contributed by atoms with van der Waals surface area (Å²) in [7, 11) is 0. The van der Waals surface area contributed by atoms with Crippen LogP contribution in [0.25, 0.3) is 0 Å². The molecule has 1 unspecified atom stereocenters. The van der Waals surface area contributed by atoms with Crippen molar-refractivity contribution in [3.63, 3.8) is 0 Å². The largest absolute Gasteiger partial charge is 0.376 e. The summed E-state index contributed by atoms with van der Waals surface area (Å²) in [6.07, 6.45) is 7.90. The molecule has 2 aliphatic rings. The number of nitrogens with one attached hydrogen (secondary N) is 1. The van der Waals surface area contributed by atoms with Crippen LogP contribution in [0.3, 0.4) is 0 Å². The first-order valence-electron chi connectivity index (χ1n) is 9.61. The van der Waals surface area contributed by atoms with Crippen molar-refractivity contribution < 1.29 is 9.53 Å². The normalized spacial score (nSPS) is 20.5. The number of hydrogen-bond acceptors (Lipinski definition) is 4. The summed E-state index contributed by atoms with van der Waals surface area (Å²) in [6.45, 7) is 6.82. The van der Waals surface area contributed by atoms with Crippen LogP contribution < -0.4 is 10.2 Å².